The maximum absolute atomic E-state index is 13.0. The third-order valence-electron chi connectivity index (χ3n) is 2.82. The van der Waals surface area contributed by atoms with Gasteiger partial charge in [0.25, 0.3) is 0 Å². The van der Waals surface area contributed by atoms with E-state index < -0.39 is 17.7 Å². The zero-order valence-electron chi connectivity index (χ0n) is 12.1. The number of rotatable bonds is 5. The highest BCUT2D eigenvalue weighted by Crippen LogP contribution is 2.18. The molecule has 1 aromatic heterocycles. The summed E-state index contributed by atoms with van der Waals surface area (Å²) < 4.78 is 35.8. The van der Waals surface area contributed by atoms with E-state index in [0.29, 0.717) is 17.1 Å². The van der Waals surface area contributed by atoms with Crippen molar-refractivity contribution in [2.24, 2.45) is 0 Å². The Kier molecular flexibility index (Phi) is 4.92. The van der Waals surface area contributed by atoms with Crippen LogP contribution in [0.25, 0.3) is 0 Å². The second kappa shape index (κ2) is 6.88. The quantitative estimate of drug-likeness (QED) is 0.833. The molecule has 0 bridgehead atoms. The van der Waals surface area contributed by atoms with Gasteiger partial charge >= 0.3 is 6.03 Å². The molecule has 6 nitrogen and oxygen atoms in total. The van der Waals surface area contributed by atoms with Gasteiger partial charge in [-0.3, -0.25) is 0 Å². The molecule has 2 rings (SSSR count). The predicted octanol–water partition coefficient (Wildman–Crippen LogP) is 2.77. The molecule has 0 saturated carbocycles. The van der Waals surface area contributed by atoms with Crippen molar-refractivity contribution in [2.45, 2.75) is 13.8 Å². The van der Waals surface area contributed by atoms with Crippen molar-refractivity contribution in [3.05, 3.63) is 41.3 Å². The highest BCUT2D eigenvalue weighted by molar-refractivity contribution is 5.90. The number of anilines is 1. The van der Waals surface area contributed by atoms with E-state index in [-0.39, 0.29) is 18.9 Å². The van der Waals surface area contributed by atoms with Crippen molar-refractivity contribution in [3.8, 4) is 5.75 Å². The molecule has 118 valence electrons. The minimum atomic E-state index is -0.985. The fourth-order valence-electron chi connectivity index (χ4n) is 1.72. The molecular formula is C14H15F2N3O3. The number of aryl methyl sites for hydroxylation is 2. The number of carbonyl (C=O) groups excluding carboxylic acids is 1. The first-order valence-corrected chi connectivity index (χ1v) is 6.53. The SMILES string of the molecule is Cc1noc(C)c1NC(=O)NCCOc1ccc(F)c(F)c1. The lowest BCUT2D eigenvalue weighted by Crippen LogP contribution is -2.32. The van der Waals surface area contributed by atoms with Gasteiger partial charge in [-0.15, -0.1) is 0 Å². The molecule has 0 aliphatic carbocycles. The van der Waals surface area contributed by atoms with Gasteiger partial charge in [-0.1, -0.05) is 5.16 Å². The van der Waals surface area contributed by atoms with Crippen molar-refractivity contribution in [1.29, 1.82) is 0 Å². The van der Waals surface area contributed by atoms with Gasteiger partial charge in [-0.25, -0.2) is 13.6 Å². The molecule has 0 aliphatic heterocycles. The van der Waals surface area contributed by atoms with E-state index >= 15 is 0 Å². The molecule has 0 fully saturated rings. The summed E-state index contributed by atoms with van der Waals surface area (Å²) in [5.74, 6) is -1.23. The number of urea groups is 1. The number of halogens is 2. The molecule has 0 radical (unpaired) electrons. The lowest BCUT2D eigenvalue weighted by atomic mass is 10.3. The molecule has 0 unspecified atom stereocenters. The Bertz CT molecular complexity index is 654. The first-order valence-electron chi connectivity index (χ1n) is 6.53. The lowest BCUT2D eigenvalue weighted by Gasteiger charge is -2.09. The first kappa shape index (κ1) is 15.7. The van der Waals surface area contributed by atoms with Crippen LogP contribution in [0.5, 0.6) is 5.75 Å². The molecule has 2 aromatic rings. The normalized spacial score (nSPS) is 10.4. The van der Waals surface area contributed by atoms with Crippen molar-refractivity contribution >= 4 is 11.7 Å². The molecule has 0 spiro atoms. The molecule has 22 heavy (non-hydrogen) atoms. The standard InChI is InChI=1S/C14H15F2N3O3/c1-8-13(9(2)22-19-8)18-14(20)17-5-6-21-10-3-4-11(15)12(16)7-10/h3-4,7H,5-6H2,1-2H3,(H2,17,18,20). The summed E-state index contributed by atoms with van der Waals surface area (Å²) in [7, 11) is 0. The van der Waals surface area contributed by atoms with Gasteiger partial charge in [0.1, 0.15) is 23.7 Å². The van der Waals surface area contributed by atoms with Crippen molar-refractivity contribution < 1.29 is 22.8 Å². The molecule has 1 heterocycles. The Labute approximate surface area is 125 Å². The van der Waals surface area contributed by atoms with Crippen molar-refractivity contribution in [3.63, 3.8) is 0 Å². The summed E-state index contributed by atoms with van der Waals surface area (Å²) in [5.41, 5.74) is 1.09. The average molecular weight is 311 g/mol. The highest BCUT2D eigenvalue weighted by atomic mass is 19.2. The first-order chi connectivity index (χ1) is 10.5. The van der Waals surface area contributed by atoms with Gasteiger partial charge in [0.2, 0.25) is 0 Å². The molecule has 2 amide bonds. The van der Waals surface area contributed by atoms with E-state index in [4.69, 9.17) is 9.26 Å². The van der Waals surface area contributed by atoms with Crippen LogP contribution in [0.2, 0.25) is 0 Å². The van der Waals surface area contributed by atoms with Crippen LogP contribution in [0.15, 0.2) is 22.7 Å². The molecule has 2 N–H and O–H groups in total. The van der Waals surface area contributed by atoms with Crippen LogP contribution in [0, 0.1) is 25.5 Å². The number of aromatic nitrogens is 1. The maximum atomic E-state index is 13.0. The van der Waals surface area contributed by atoms with Crippen LogP contribution in [0.3, 0.4) is 0 Å². The third-order valence-corrected chi connectivity index (χ3v) is 2.82. The molecule has 0 atom stereocenters. The van der Waals surface area contributed by atoms with Gasteiger partial charge in [0, 0.05) is 6.07 Å². The number of hydrogen-bond donors (Lipinski definition) is 2. The second-order valence-corrected chi connectivity index (χ2v) is 4.50. The van der Waals surface area contributed by atoms with Gasteiger partial charge in [-0.2, -0.15) is 0 Å². The Balaban J connectivity index is 1.74. The Hall–Kier alpha value is -2.64. The predicted molar refractivity (Wildman–Crippen MR) is 74.9 cm³/mol. The topological polar surface area (TPSA) is 76.4 Å². The summed E-state index contributed by atoms with van der Waals surface area (Å²) in [5, 5.41) is 8.87. The number of amides is 2. The van der Waals surface area contributed by atoms with Crippen LogP contribution in [-0.4, -0.2) is 24.3 Å². The van der Waals surface area contributed by atoms with E-state index in [1.807, 2.05) is 0 Å². The van der Waals surface area contributed by atoms with Crippen LogP contribution < -0.4 is 15.4 Å². The highest BCUT2D eigenvalue weighted by Gasteiger charge is 2.11. The van der Waals surface area contributed by atoms with Crippen LogP contribution in [-0.2, 0) is 0 Å². The van der Waals surface area contributed by atoms with Gasteiger partial charge < -0.3 is 19.9 Å². The summed E-state index contributed by atoms with van der Waals surface area (Å²) in [4.78, 5) is 11.7. The van der Waals surface area contributed by atoms with E-state index in [9.17, 15) is 13.6 Å². The summed E-state index contributed by atoms with van der Waals surface area (Å²) in [6.07, 6.45) is 0. The van der Waals surface area contributed by atoms with Crippen LogP contribution in [0.1, 0.15) is 11.5 Å². The maximum Gasteiger partial charge on any atom is 0.319 e. The number of carbonyl (C=O) groups is 1. The van der Waals surface area contributed by atoms with Gasteiger partial charge in [-0.05, 0) is 26.0 Å². The minimum absolute atomic E-state index is 0.111. The summed E-state index contributed by atoms with van der Waals surface area (Å²) in [6.45, 7) is 3.69. The molecular weight excluding hydrogens is 296 g/mol. The largest absolute Gasteiger partial charge is 0.492 e. The Morgan fingerprint density at radius 2 is 2.09 bits per heavy atom. The monoisotopic (exact) mass is 311 g/mol. The molecule has 0 aliphatic rings. The number of nitrogens with zero attached hydrogens (tertiary/aromatic N) is 1. The fourth-order valence-corrected chi connectivity index (χ4v) is 1.72. The molecule has 1 aromatic carbocycles. The number of benzene rings is 1. The Morgan fingerprint density at radius 3 is 2.73 bits per heavy atom. The van der Waals surface area contributed by atoms with E-state index in [2.05, 4.69) is 15.8 Å². The Morgan fingerprint density at radius 1 is 1.32 bits per heavy atom. The summed E-state index contributed by atoms with van der Waals surface area (Å²) >= 11 is 0. The number of nitrogens with one attached hydrogen (secondary N) is 2. The lowest BCUT2D eigenvalue weighted by molar-refractivity contribution is 0.247. The van der Waals surface area contributed by atoms with Gasteiger partial charge in [0.15, 0.2) is 17.4 Å². The number of ether oxygens (including phenoxy) is 1. The molecule has 0 saturated heterocycles. The minimum Gasteiger partial charge on any atom is -0.492 e. The average Bonchev–Trinajstić information content (AvgIpc) is 2.79. The smallest absolute Gasteiger partial charge is 0.319 e. The van der Waals surface area contributed by atoms with E-state index in [1.54, 1.807) is 13.8 Å². The van der Waals surface area contributed by atoms with Crippen LogP contribution in [0.4, 0.5) is 19.3 Å². The number of hydrogen-bond acceptors (Lipinski definition) is 4. The van der Waals surface area contributed by atoms with Gasteiger partial charge in [0.05, 0.1) is 6.54 Å². The van der Waals surface area contributed by atoms with E-state index in [1.165, 1.54) is 6.07 Å². The third kappa shape index (κ3) is 3.94. The zero-order valence-corrected chi connectivity index (χ0v) is 12.1. The summed E-state index contributed by atoms with van der Waals surface area (Å²) in [6, 6.07) is 2.78. The zero-order chi connectivity index (χ0) is 16.1. The molecule has 8 heteroatoms. The van der Waals surface area contributed by atoms with E-state index in [0.717, 1.165) is 12.1 Å². The van der Waals surface area contributed by atoms with Crippen LogP contribution >= 0.6 is 0 Å². The van der Waals surface area contributed by atoms with Crippen molar-refractivity contribution in [1.82, 2.24) is 10.5 Å². The fraction of sp³-hybridized carbons (Fsp3) is 0.286. The second-order valence-electron chi connectivity index (χ2n) is 4.50. The van der Waals surface area contributed by atoms with Crippen molar-refractivity contribution in [2.75, 3.05) is 18.5 Å².